The number of hydrogen-bond donors (Lipinski definition) is 0. The van der Waals surface area contributed by atoms with Crippen molar-refractivity contribution in [3.8, 4) is 0 Å². The SMILES string of the molecule is CCCCCCCCCCCCCCCCCCCCCCCCCCCCCCCCC(=O)OCC(COC(=O)CCCCCCCCC)OC(=O)CCCCCCCCCCCCCCCC. The molecular formula is C63H122O6. The Hall–Kier alpha value is -1.59. The molecule has 0 radical (unpaired) electrons. The molecule has 69 heavy (non-hydrogen) atoms. The van der Waals surface area contributed by atoms with Crippen molar-refractivity contribution in [2.45, 2.75) is 374 Å². The second-order valence-corrected chi connectivity index (χ2v) is 21.7. The maximum absolute atomic E-state index is 12.8. The van der Waals surface area contributed by atoms with Crippen LogP contribution >= 0.6 is 0 Å². The van der Waals surface area contributed by atoms with Crippen LogP contribution in [0.5, 0.6) is 0 Å². The average Bonchev–Trinajstić information content (AvgIpc) is 3.35. The van der Waals surface area contributed by atoms with E-state index in [0.29, 0.717) is 19.3 Å². The van der Waals surface area contributed by atoms with Crippen LogP contribution < -0.4 is 0 Å². The van der Waals surface area contributed by atoms with Crippen LogP contribution in [0.1, 0.15) is 367 Å². The van der Waals surface area contributed by atoms with Crippen LogP contribution in [0.3, 0.4) is 0 Å². The molecule has 410 valence electrons. The quantitative estimate of drug-likeness (QED) is 0.0343. The van der Waals surface area contributed by atoms with E-state index in [2.05, 4.69) is 20.8 Å². The molecular weight excluding hydrogens is 853 g/mol. The smallest absolute Gasteiger partial charge is 0.306 e. The van der Waals surface area contributed by atoms with Crippen molar-refractivity contribution in [1.29, 1.82) is 0 Å². The Morgan fingerprint density at radius 2 is 0.391 bits per heavy atom. The summed E-state index contributed by atoms with van der Waals surface area (Å²) in [5, 5.41) is 0. The van der Waals surface area contributed by atoms with Gasteiger partial charge in [0, 0.05) is 19.3 Å². The number of esters is 3. The zero-order valence-corrected chi connectivity index (χ0v) is 47.1. The molecule has 6 nitrogen and oxygen atoms in total. The van der Waals surface area contributed by atoms with Crippen molar-refractivity contribution in [3.05, 3.63) is 0 Å². The standard InChI is InChI=1S/C63H122O6/c1-4-7-10-13-16-18-20-22-24-25-26-27-28-29-30-31-32-33-34-35-36-37-38-39-41-42-44-47-50-53-56-62(65)68-59-60(58-67-61(64)55-52-49-46-15-12-9-6-3)69-63(66)57-54-51-48-45-43-40-23-21-19-17-14-11-8-5-2/h60H,4-59H2,1-3H3. The largest absolute Gasteiger partial charge is 0.462 e. The van der Waals surface area contributed by atoms with Gasteiger partial charge in [0.2, 0.25) is 0 Å². The van der Waals surface area contributed by atoms with Gasteiger partial charge in [-0.1, -0.05) is 329 Å². The molecule has 0 saturated heterocycles. The minimum Gasteiger partial charge on any atom is -0.462 e. The zero-order chi connectivity index (χ0) is 50.0. The average molecular weight is 976 g/mol. The second kappa shape index (κ2) is 59.0. The van der Waals surface area contributed by atoms with E-state index in [4.69, 9.17) is 14.2 Å². The van der Waals surface area contributed by atoms with Gasteiger partial charge in [0.1, 0.15) is 13.2 Å². The van der Waals surface area contributed by atoms with Gasteiger partial charge in [0.05, 0.1) is 0 Å². The number of carbonyl (C=O) groups is 3. The van der Waals surface area contributed by atoms with Crippen LogP contribution in [-0.2, 0) is 28.6 Å². The van der Waals surface area contributed by atoms with Gasteiger partial charge in [-0.3, -0.25) is 14.4 Å². The molecule has 0 N–H and O–H groups in total. The first-order chi connectivity index (χ1) is 34.0. The normalized spacial score (nSPS) is 11.9. The molecule has 1 unspecified atom stereocenters. The molecule has 6 heteroatoms. The molecule has 0 aromatic carbocycles. The fourth-order valence-corrected chi connectivity index (χ4v) is 9.86. The van der Waals surface area contributed by atoms with E-state index < -0.39 is 6.10 Å². The highest BCUT2D eigenvalue weighted by Crippen LogP contribution is 2.19. The number of unbranched alkanes of at least 4 members (excludes halogenated alkanes) is 48. The van der Waals surface area contributed by atoms with Gasteiger partial charge in [-0.05, 0) is 19.3 Å². The lowest BCUT2D eigenvalue weighted by molar-refractivity contribution is -0.167. The van der Waals surface area contributed by atoms with Crippen LogP contribution in [0.15, 0.2) is 0 Å². The summed E-state index contributed by atoms with van der Waals surface area (Å²) in [7, 11) is 0. The summed E-state index contributed by atoms with van der Waals surface area (Å²) in [6.45, 7) is 6.66. The molecule has 0 aromatic heterocycles. The Kier molecular flexibility index (Phi) is 57.6. The maximum atomic E-state index is 12.8. The Bertz CT molecular complexity index is 1030. The minimum absolute atomic E-state index is 0.0619. The third-order valence-electron chi connectivity index (χ3n) is 14.6. The summed E-state index contributed by atoms with van der Waals surface area (Å²) >= 11 is 0. The predicted octanol–water partition coefficient (Wildman–Crippen LogP) is 21.1. The van der Waals surface area contributed by atoms with Gasteiger partial charge >= 0.3 is 17.9 Å². The highest BCUT2D eigenvalue weighted by Gasteiger charge is 2.19. The lowest BCUT2D eigenvalue weighted by atomic mass is 10.0. The summed E-state index contributed by atoms with van der Waals surface area (Å²) in [4.78, 5) is 37.9. The van der Waals surface area contributed by atoms with Gasteiger partial charge in [0.15, 0.2) is 6.10 Å². The highest BCUT2D eigenvalue weighted by molar-refractivity contribution is 5.71. The van der Waals surface area contributed by atoms with Gasteiger partial charge < -0.3 is 14.2 Å². The van der Waals surface area contributed by atoms with Crippen LogP contribution in [0.2, 0.25) is 0 Å². The van der Waals surface area contributed by atoms with Gasteiger partial charge in [0.25, 0.3) is 0 Å². The molecule has 0 rings (SSSR count). The fourth-order valence-electron chi connectivity index (χ4n) is 9.86. The van der Waals surface area contributed by atoms with Gasteiger partial charge in [-0.2, -0.15) is 0 Å². The molecule has 0 aliphatic rings. The van der Waals surface area contributed by atoms with Crippen molar-refractivity contribution < 1.29 is 28.6 Å². The second-order valence-electron chi connectivity index (χ2n) is 21.7. The maximum Gasteiger partial charge on any atom is 0.306 e. The predicted molar refractivity (Wildman–Crippen MR) is 298 cm³/mol. The molecule has 0 saturated carbocycles. The number of carbonyl (C=O) groups excluding carboxylic acids is 3. The molecule has 0 aromatic rings. The number of hydrogen-bond acceptors (Lipinski definition) is 6. The fraction of sp³-hybridized carbons (Fsp3) is 0.952. The summed E-state index contributed by atoms with van der Waals surface area (Å²) in [6, 6.07) is 0. The Labute approximate surface area is 431 Å². The molecule has 0 heterocycles. The summed E-state index contributed by atoms with van der Waals surface area (Å²) in [6.07, 6.45) is 67.3. The first-order valence-corrected chi connectivity index (χ1v) is 31.5. The van der Waals surface area contributed by atoms with E-state index in [0.717, 1.165) is 57.8 Å². The third-order valence-corrected chi connectivity index (χ3v) is 14.6. The third kappa shape index (κ3) is 57.2. The number of rotatable bonds is 59. The van der Waals surface area contributed by atoms with Crippen molar-refractivity contribution >= 4 is 17.9 Å². The van der Waals surface area contributed by atoms with E-state index in [9.17, 15) is 14.4 Å². The number of ether oxygens (including phenoxy) is 3. The van der Waals surface area contributed by atoms with Crippen LogP contribution in [0.4, 0.5) is 0 Å². The summed E-state index contributed by atoms with van der Waals surface area (Å²) < 4.78 is 16.8. The monoisotopic (exact) mass is 975 g/mol. The first kappa shape index (κ1) is 67.4. The first-order valence-electron chi connectivity index (χ1n) is 31.5. The Balaban J connectivity index is 3.94. The van der Waals surface area contributed by atoms with E-state index in [1.165, 1.54) is 270 Å². The van der Waals surface area contributed by atoms with Crippen LogP contribution in [0, 0.1) is 0 Å². The molecule has 0 bridgehead atoms. The Morgan fingerprint density at radius 3 is 0.580 bits per heavy atom. The highest BCUT2D eigenvalue weighted by atomic mass is 16.6. The lowest BCUT2D eigenvalue weighted by Crippen LogP contribution is -2.30. The van der Waals surface area contributed by atoms with Crippen molar-refractivity contribution in [1.82, 2.24) is 0 Å². The molecule has 0 aliphatic heterocycles. The topological polar surface area (TPSA) is 78.9 Å². The van der Waals surface area contributed by atoms with Gasteiger partial charge in [-0.15, -0.1) is 0 Å². The van der Waals surface area contributed by atoms with E-state index in [1.807, 2.05) is 0 Å². The molecule has 0 amide bonds. The van der Waals surface area contributed by atoms with Crippen molar-refractivity contribution in [2.75, 3.05) is 13.2 Å². The molecule has 0 fully saturated rings. The molecule has 1 atom stereocenters. The Morgan fingerprint density at radius 1 is 0.232 bits per heavy atom. The lowest BCUT2D eigenvalue weighted by Gasteiger charge is -2.18. The van der Waals surface area contributed by atoms with Crippen molar-refractivity contribution in [2.24, 2.45) is 0 Å². The summed E-state index contributed by atoms with van der Waals surface area (Å²) in [5.74, 6) is -0.842. The van der Waals surface area contributed by atoms with E-state index >= 15 is 0 Å². The zero-order valence-electron chi connectivity index (χ0n) is 47.1. The van der Waals surface area contributed by atoms with Crippen LogP contribution in [0.25, 0.3) is 0 Å². The molecule has 0 spiro atoms. The van der Waals surface area contributed by atoms with E-state index in [1.54, 1.807) is 0 Å². The van der Waals surface area contributed by atoms with Crippen LogP contribution in [-0.4, -0.2) is 37.2 Å². The van der Waals surface area contributed by atoms with Gasteiger partial charge in [-0.25, -0.2) is 0 Å². The summed E-state index contributed by atoms with van der Waals surface area (Å²) in [5.41, 5.74) is 0. The molecule has 0 aliphatic carbocycles. The minimum atomic E-state index is -0.760. The van der Waals surface area contributed by atoms with Crippen molar-refractivity contribution in [3.63, 3.8) is 0 Å². The van der Waals surface area contributed by atoms with E-state index in [-0.39, 0.29) is 31.1 Å².